The van der Waals surface area contributed by atoms with E-state index in [1.807, 2.05) is 36.4 Å². The summed E-state index contributed by atoms with van der Waals surface area (Å²) >= 11 is 5.89. The third-order valence-corrected chi connectivity index (χ3v) is 4.59. The van der Waals surface area contributed by atoms with E-state index in [0.717, 1.165) is 11.3 Å². The van der Waals surface area contributed by atoms with Gasteiger partial charge >= 0.3 is 0 Å². The van der Waals surface area contributed by atoms with Crippen LogP contribution in [0.4, 0.5) is 5.69 Å². The van der Waals surface area contributed by atoms with Crippen LogP contribution >= 0.6 is 11.6 Å². The van der Waals surface area contributed by atoms with Crippen LogP contribution in [0.25, 0.3) is 16.9 Å². The minimum atomic E-state index is -1.06. The molecule has 1 amide bonds. The second-order valence-corrected chi connectivity index (χ2v) is 7.39. The molecule has 2 aromatic carbocycles. The summed E-state index contributed by atoms with van der Waals surface area (Å²) in [7, 11) is 0. The summed E-state index contributed by atoms with van der Waals surface area (Å²) < 4.78 is 7.43. The number of carbonyl (C=O) groups excluding carboxylic acids is 1. The lowest BCUT2D eigenvalue weighted by atomic mass is 10.1. The standard InChI is InChI=1S/C21H18ClN5O2/c1-21(2,29-17-9-5-15(22)6-10-17)20(28)24-16-7-3-14(4-8-16)18-11-12-19-25-23-13-27(19)26-18/h3-13H,1-2H3,(H,24,28). The molecule has 0 atom stereocenters. The van der Waals surface area contributed by atoms with Gasteiger partial charge in [0, 0.05) is 16.3 Å². The van der Waals surface area contributed by atoms with Gasteiger partial charge in [-0.15, -0.1) is 10.2 Å². The van der Waals surface area contributed by atoms with Gasteiger partial charge in [0.1, 0.15) is 12.1 Å². The van der Waals surface area contributed by atoms with Gasteiger partial charge < -0.3 is 10.1 Å². The highest BCUT2D eigenvalue weighted by Crippen LogP contribution is 2.23. The van der Waals surface area contributed by atoms with Crippen molar-refractivity contribution in [2.75, 3.05) is 5.32 Å². The largest absolute Gasteiger partial charge is 0.478 e. The van der Waals surface area contributed by atoms with E-state index < -0.39 is 5.60 Å². The number of aromatic nitrogens is 4. The van der Waals surface area contributed by atoms with Crippen molar-refractivity contribution >= 4 is 28.8 Å². The van der Waals surface area contributed by atoms with Crippen molar-refractivity contribution in [2.24, 2.45) is 0 Å². The Labute approximate surface area is 172 Å². The molecule has 0 unspecified atom stereocenters. The first kappa shape index (κ1) is 18.9. The third kappa shape index (κ3) is 4.20. The summed E-state index contributed by atoms with van der Waals surface area (Å²) in [5.41, 5.74) is 1.97. The number of amides is 1. The molecule has 2 heterocycles. The lowest BCUT2D eigenvalue weighted by molar-refractivity contribution is -0.128. The number of anilines is 1. The van der Waals surface area contributed by atoms with Crippen molar-refractivity contribution in [3.63, 3.8) is 0 Å². The number of hydrogen-bond acceptors (Lipinski definition) is 5. The molecule has 29 heavy (non-hydrogen) atoms. The number of benzene rings is 2. The van der Waals surface area contributed by atoms with Crippen LogP contribution in [0.1, 0.15) is 13.8 Å². The lowest BCUT2D eigenvalue weighted by Gasteiger charge is -2.25. The minimum Gasteiger partial charge on any atom is -0.478 e. The molecule has 0 radical (unpaired) electrons. The summed E-state index contributed by atoms with van der Waals surface area (Å²) in [6.45, 7) is 3.42. The maximum absolute atomic E-state index is 12.7. The Balaban J connectivity index is 1.45. The second-order valence-electron chi connectivity index (χ2n) is 6.95. The molecule has 8 heteroatoms. The summed E-state index contributed by atoms with van der Waals surface area (Å²) in [5, 5.41) is 15.7. The third-order valence-electron chi connectivity index (χ3n) is 4.33. The first-order chi connectivity index (χ1) is 13.9. The van der Waals surface area contributed by atoms with E-state index in [0.29, 0.717) is 22.1 Å². The number of nitrogens with zero attached hydrogens (tertiary/aromatic N) is 4. The van der Waals surface area contributed by atoms with E-state index in [1.165, 1.54) is 0 Å². The molecule has 146 valence electrons. The van der Waals surface area contributed by atoms with Gasteiger partial charge in [0.25, 0.3) is 5.91 Å². The molecule has 1 N–H and O–H groups in total. The molecule has 4 aromatic rings. The zero-order valence-electron chi connectivity index (χ0n) is 15.8. The predicted octanol–water partition coefficient (Wildman–Crippen LogP) is 4.24. The van der Waals surface area contributed by atoms with Crippen LogP contribution in [-0.4, -0.2) is 31.3 Å². The van der Waals surface area contributed by atoms with Gasteiger partial charge in [-0.25, -0.2) is 0 Å². The van der Waals surface area contributed by atoms with E-state index in [9.17, 15) is 4.79 Å². The van der Waals surface area contributed by atoms with E-state index in [1.54, 1.807) is 49.0 Å². The second kappa shape index (κ2) is 7.52. The molecule has 0 spiro atoms. The van der Waals surface area contributed by atoms with Crippen molar-refractivity contribution in [3.8, 4) is 17.0 Å². The van der Waals surface area contributed by atoms with Crippen molar-refractivity contribution in [3.05, 3.63) is 72.0 Å². The van der Waals surface area contributed by atoms with E-state index >= 15 is 0 Å². The van der Waals surface area contributed by atoms with Crippen molar-refractivity contribution in [1.82, 2.24) is 19.8 Å². The number of halogens is 1. The smallest absolute Gasteiger partial charge is 0.267 e. The van der Waals surface area contributed by atoms with E-state index in [-0.39, 0.29) is 5.91 Å². The van der Waals surface area contributed by atoms with Crippen LogP contribution in [0.15, 0.2) is 67.0 Å². The lowest BCUT2D eigenvalue weighted by Crippen LogP contribution is -2.42. The average Bonchev–Trinajstić information content (AvgIpc) is 3.18. The fourth-order valence-corrected chi connectivity index (χ4v) is 2.86. The Kier molecular flexibility index (Phi) is 4.90. The highest BCUT2D eigenvalue weighted by molar-refractivity contribution is 6.30. The molecule has 0 aliphatic rings. The Bertz CT molecular complexity index is 1150. The van der Waals surface area contributed by atoms with Crippen LogP contribution in [0.5, 0.6) is 5.75 Å². The number of carbonyl (C=O) groups is 1. The molecular weight excluding hydrogens is 390 g/mol. The number of hydrogen-bond donors (Lipinski definition) is 1. The number of nitrogens with one attached hydrogen (secondary N) is 1. The Morgan fingerprint density at radius 2 is 1.76 bits per heavy atom. The van der Waals surface area contributed by atoms with Crippen LogP contribution in [0.3, 0.4) is 0 Å². The first-order valence-electron chi connectivity index (χ1n) is 8.94. The van der Waals surface area contributed by atoms with Crippen LogP contribution in [-0.2, 0) is 4.79 Å². The molecule has 7 nitrogen and oxygen atoms in total. The van der Waals surface area contributed by atoms with Crippen LogP contribution in [0.2, 0.25) is 5.02 Å². The molecule has 0 bridgehead atoms. The summed E-state index contributed by atoms with van der Waals surface area (Å²) in [4.78, 5) is 12.7. The van der Waals surface area contributed by atoms with E-state index in [2.05, 4.69) is 20.6 Å². The highest BCUT2D eigenvalue weighted by atomic mass is 35.5. The maximum atomic E-state index is 12.7. The average molecular weight is 408 g/mol. The molecule has 2 aromatic heterocycles. The topological polar surface area (TPSA) is 81.4 Å². The summed E-state index contributed by atoms with van der Waals surface area (Å²) in [6, 6.07) is 18.0. The van der Waals surface area contributed by atoms with Gasteiger partial charge in [0.15, 0.2) is 11.2 Å². The Morgan fingerprint density at radius 3 is 2.48 bits per heavy atom. The molecule has 0 aliphatic carbocycles. The normalized spacial score (nSPS) is 11.4. The molecule has 4 rings (SSSR count). The minimum absolute atomic E-state index is 0.260. The SMILES string of the molecule is CC(C)(Oc1ccc(Cl)cc1)C(=O)Nc1ccc(-c2ccc3nncn3n2)cc1. The highest BCUT2D eigenvalue weighted by Gasteiger charge is 2.30. The van der Waals surface area contributed by atoms with Gasteiger partial charge in [-0.05, 0) is 62.4 Å². The molecule has 0 saturated heterocycles. The van der Waals surface area contributed by atoms with Gasteiger partial charge in [-0.1, -0.05) is 23.7 Å². The zero-order valence-corrected chi connectivity index (χ0v) is 16.6. The number of rotatable bonds is 5. The zero-order chi connectivity index (χ0) is 20.4. The Hall–Kier alpha value is -3.45. The summed E-state index contributed by atoms with van der Waals surface area (Å²) in [6.07, 6.45) is 1.55. The van der Waals surface area contributed by atoms with Crippen LogP contribution in [0, 0.1) is 0 Å². The Morgan fingerprint density at radius 1 is 1.03 bits per heavy atom. The predicted molar refractivity (Wildman–Crippen MR) is 111 cm³/mol. The van der Waals surface area contributed by atoms with E-state index in [4.69, 9.17) is 16.3 Å². The van der Waals surface area contributed by atoms with Gasteiger partial charge in [0.2, 0.25) is 0 Å². The molecular formula is C21H18ClN5O2. The number of ether oxygens (including phenoxy) is 1. The fraction of sp³-hybridized carbons (Fsp3) is 0.143. The van der Waals surface area contributed by atoms with Crippen molar-refractivity contribution in [2.45, 2.75) is 19.4 Å². The fourth-order valence-electron chi connectivity index (χ4n) is 2.73. The maximum Gasteiger partial charge on any atom is 0.267 e. The van der Waals surface area contributed by atoms with Gasteiger partial charge in [0.05, 0.1) is 5.69 Å². The quantitative estimate of drug-likeness (QED) is 0.535. The van der Waals surface area contributed by atoms with Gasteiger partial charge in [-0.3, -0.25) is 4.79 Å². The molecule has 0 aliphatic heterocycles. The first-order valence-corrected chi connectivity index (χ1v) is 9.32. The molecule has 0 fully saturated rings. The van der Waals surface area contributed by atoms with Crippen LogP contribution < -0.4 is 10.1 Å². The van der Waals surface area contributed by atoms with Gasteiger partial charge in [-0.2, -0.15) is 9.61 Å². The summed E-state index contributed by atoms with van der Waals surface area (Å²) in [5.74, 6) is 0.310. The van der Waals surface area contributed by atoms with Crippen molar-refractivity contribution in [1.29, 1.82) is 0 Å². The number of fused-ring (bicyclic) bond motifs is 1. The monoisotopic (exact) mass is 407 g/mol. The molecule has 0 saturated carbocycles. The van der Waals surface area contributed by atoms with Crippen molar-refractivity contribution < 1.29 is 9.53 Å².